The highest BCUT2D eigenvalue weighted by atomic mass is 32.2. The molecular formula is C16H24N2OS. The van der Waals surface area contributed by atoms with Crippen molar-refractivity contribution < 1.29 is 4.79 Å². The van der Waals surface area contributed by atoms with Gasteiger partial charge < -0.3 is 11.1 Å². The van der Waals surface area contributed by atoms with Crippen molar-refractivity contribution in [3.63, 3.8) is 0 Å². The fraction of sp³-hybridized carbons (Fsp3) is 0.562. The van der Waals surface area contributed by atoms with Crippen molar-refractivity contribution >= 4 is 17.7 Å². The molecule has 0 aromatic heterocycles. The van der Waals surface area contributed by atoms with E-state index in [2.05, 4.69) is 37.4 Å². The number of rotatable bonds is 5. The number of amides is 1. The average Bonchev–Trinajstić information content (AvgIpc) is 2.45. The average molecular weight is 292 g/mol. The van der Waals surface area contributed by atoms with E-state index in [1.807, 2.05) is 17.8 Å². The summed E-state index contributed by atoms with van der Waals surface area (Å²) in [5.41, 5.74) is 7.00. The predicted molar refractivity (Wildman–Crippen MR) is 84.7 cm³/mol. The lowest BCUT2D eigenvalue weighted by Gasteiger charge is -2.28. The highest BCUT2D eigenvalue weighted by molar-refractivity contribution is 7.99. The molecule has 1 aromatic carbocycles. The van der Waals surface area contributed by atoms with E-state index in [0.717, 1.165) is 18.6 Å². The molecule has 3 N–H and O–H groups in total. The second kappa shape index (κ2) is 7.14. The Morgan fingerprint density at radius 3 is 2.90 bits per heavy atom. The minimum Gasteiger partial charge on any atom is -0.349 e. The van der Waals surface area contributed by atoms with Gasteiger partial charge in [0.15, 0.2) is 0 Å². The van der Waals surface area contributed by atoms with Crippen molar-refractivity contribution in [1.82, 2.24) is 5.32 Å². The van der Waals surface area contributed by atoms with Crippen LogP contribution in [0, 0.1) is 11.8 Å². The van der Waals surface area contributed by atoms with Gasteiger partial charge in [0.2, 0.25) is 5.91 Å². The molecule has 0 spiro atoms. The number of nitrogens with two attached hydrogens (primary N) is 1. The summed E-state index contributed by atoms with van der Waals surface area (Å²) in [7, 11) is 0. The number of carbonyl (C=O) groups excluding carboxylic acids is 1. The largest absolute Gasteiger partial charge is 0.349 e. The number of thioether (sulfide) groups is 1. The maximum Gasteiger partial charge on any atom is 0.224 e. The lowest BCUT2D eigenvalue weighted by molar-refractivity contribution is -0.126. The highest BCUT2D eigenvalue weighted by Crippen LogP contribution is 2.35. The molecule has 0 aliphatic carbocycles. The molecule has 20 heavy (non-hydrogen) atoms. The van der Waals surface area contributed by atoms with Gasteiger partial charge >= 0.3 is 0 Å². The van der Waals surface area contributed by atoms with Gasteiger partial charge in [0.05, 0.1) is 12.0 Å². The molecule has 1 aliphatic rings. The third kappa shape index (κ3) is 3.76. The van der Waals surface area contributed by atoms with E-state index in [4.69, 9.17) is 5.73 Å². The Kier molecular flexibility index (Phi) is 5.49. The molecule has 2 atom stereocenters. The van der Waals surface area contributed by atoms with Gasteiger partial charge in [-0.1, -0.05) is 32.0 Å². The first-order valence-corrected chi connectivity index (χ1v) is 8.32. The van der Waals surface area contributed by atoms with E-state index in [1.165, 1.54) is 10.5 Å². The van der Waals surface area contributed by atoms with Crippen molar-refractivity contribution in [2.24, 2.45) is 17.6 Å². The monoisotopic (exact) mass is 292 g/mol. The topological polar surface area (TPSA) is 55.1 Å². The predicted octanol–water partition coefficient (Wildman–Crippen LogP) is 2.96. The van der Waals surface area contributed by atoms with E-state index in [9.17, 15) is 4.79 Å². The Morgan fingerprint density at radius 1 is 1.45 bits per heavy atom. The Balaban J connectivity index is 2.05. The van der Waals surface area contributed by atoms with Crippen LogP contribution in [0.2, 0.25) is 0 Å². The summed E-state index contributed by atoms with van der Waals surface area (Å²) in [6, 6.07) is 8.48. The molecule has 1 aromatic rings. The van der Waals surface area contributed by atoms with Gasteiger partial charge in [-0.3, -0.25) is 4.79 Å². The molecule has 1 heterocycles. The van der Waals surface area contributed by atoms with E-state index >= 15 is 0 Å². The first-order valence-electron chi connectivity index (χ1n) is 7.34. The molecule has 0 saturated carbocycles. The second-order valence-corrected chi connectivity index (χ2v) is 6.94. The van der Waals surface area contributed by atoms with Crippen LogP contribution in [0.5, 0.6) is 0 Å². The number of benzene rings is 1. The SMILES string of the molecule is CC(C)CC(CN)C(=O)NC1CCSc2ccccc21. The Labute approximate surface area is 125 Å². The minimum atomic E-state index is -0.0725. The summed E-state index contributed by atoms with van der Waals surface area (Å²) < 4.78 is 0. The van der Waals surface area contributed by atoms with Crippen LogP contribution < -0.4 is 11.1 Å². The summed E-state index contributed by atoms with van der Waals surface area (Å²) in [5.74, 6) is 1.58. The molecule has 1 amide bonds. The molecule has 3 nitrogen and oxygen atoms in total. The molecule has 0 radical (unpaired) electrons. The third-order valence-corrected chi connectivity index (χ3v) is 4.81. The third-order valence-electron chi connectivity index (χ3n) is 3.69. The molecule has 4 heteroatoms. The van der Waals surface area contributed by atoms with Crippen LogP contribution in [0.15, 0.2) is 29.2 Å². The van der Waals surface area contributed by atoms with Crippen molar-refractivity contribution in [2.75, 3.05) is 12.3 Å². The Hall–Kier alpha value is -1.00. The van der Waals surface area contributed by atoms with Crippen LogP contribution in [0.25, 0.3) is 0 Å². The lowest BCUT2D eigenvalue weighted by Crippen LogP contribution is -2.38. The van der Waals surface area contributed by atoms with Gasteiger partial charge in [0.25, 0.3) is 0 Å². The van der Waals surface area contributed by atoms with Crippen LogP contribution in [-0.2, 0) is 4.79 Å². The zero-order chi connectivity index (χ0) is 14.5. The van der Waals surface area contributed by atoms with Crippen molar-refractivity contribution in [2.45, 2.75) is 37.6 Å². The molecule has 0 saturated heterocycles. The van der Waals surface area contributed by atoms with Crippen LogP contribution >= 0.6 is 11.8 Å². The molecular weight excluding hydrogens is 268 g/mol. The van der Waals surface area contributed by atoms with E-state index < -0.39 is 0 Å². The van der Waals surface area contributed by atoms with Gasteiger partial charge in [-0.15, -0.1) is 11.8 Å². The fourth-order valence-corrected chi connectivity index (χ4v) is 3.79. The van der Waals surface area contributed by atoms with E-state index in [1.54, 1.807) is 0 Å². The zero-order valence-corrected chi connectivity index (χ0v) is 13.1. The maximum absolute atomic E-state index is 12.4. The molecule has 0 bridgehead atoms. The smallest absolute Gasteiger partial charge is 0.224 e. The summed E-state index contributed by atoms with van der Waals surface area (Å²) in [5, 5.41) is 3.20. The van der Waals surface area contributed by atoms with Gasteiger partial charge in [0, 0.05) is 17.2 Å². The van der Waals surface area contributed by atoms with Gasteiger partial charge in [-0.25, -0.2) is 0 Å². The number of hydrogen-bond donors (Lipinski definition) is 2. The van der Waals surface area contributed by atoms with Crippen LogP contribution in [0.3, 0.4) is 0 Å². The highest BCUT2D eigenvalue weighted by Gasteiger charge is 2.25. The number of nitrogens with one attached hydrogen (secondary N) is 1. The molecule has 0 fully saturated rings. The van der Waals surface area contributed by atoms with Crippen LogP contribution in [-0.4, -0.2) is 18.2 Å². The number of fused-ring (bicyclic) bond motifs is 1. The number of carbonyl (C=O) groups is 1. The summed E-state index contributed by atoms with van der Waals surface area (Å²) >= 11 is 1.87. The summed E-state index contributed by atoms with van der Waals surface area (Å²) in [4.78, 5) is 13.7. The quantitative estimate of drug-likeness (QED) is 0.877. The lowest BCUT2D eigenvalue weighted by atomic mass is 9.95. The van der Waals surface area contributed by atoms with Crippen LogP contribution in [0.4, 0.5) is 0 Å². The van der Waals surface area contributed by atoms with Crippen molar-refractivity contribution in [1.29, 1.82) is 0 Å². The summed E-state index contributed by atoms with van der Waals surface area (Å²) in [6.45, 7) is 4.68. The molecule has 2 unspecified atom stereocenters. The van der Waals surface area contributed by atoms with Gasteiger partial charge in [-0.2, -0.15) is 0 Å². The molecule has 2 rings (SSSR count). The van der Waals surface area contributed by atoms with Gasteiger partial charge in [0.1, 0.15) is 0 Å². The summed E-state index contributed by atoms with van der Waals surface area (Å²) in [6.07, 6.45) is 1.85. The second-order valence-electron chi connectivity index (χ2n) is 5.80. The van der Waals surface area contributed by atoms with Crippen molar-refractivity contribution in [3.05, 3.63) is 29.8 Å². The normalized spacial score (nSPS) is 19.5. The maximum atomic E-state index is 12.4. The zero-order valence-electron chi connectivity index (χ0n) is 12.3. The van der Waals surface area contributed by atoms with Gasteiger partial charge in [-0.05, 0) is 30.4 Å². The first-order chi connectivity index (χ1) is 9.61. The molecule has 110 valence electrons. The Morgan fingerprint density at radius 2 is 2.20 bits per heavy atom. The van der Waals surface area contributed by atoms with E-state index in [-0.39, 0.29) is 17.9 Å². The first kappa shape index (κ1) is 15.4. The van der Waals surface area contributed by atoms with Crippen LogP contribution in [0.1, 0.15) is 38.3 Å². The number of hydrogen-bond acceptors (Lipinski definition) is 3. The standard InChI is InChI=1S/C16H24N2OS/c1-11(2)9-12(10-17)16(19)18-14-7-8-20-15-6-4-3-5-13(14)15/h3-6,11-12,14H,7-10,17H2,1-2H3,(H,18,19). The van der Waals surface area contributed by atoms with Crippen molar-refractivity contribution in [3.8, 4) is 0 Å². The van der Waals surface area contributed by atoms with E-state index in [0.29, 0.717) is 12.5 Å². The minimum absolute atomic E-state index is 0.0725. The molecule has 1 aliphatic heterocycles. The Bertz CT molecular complexity index is 462. The fourth-order valence-electron chi connectivity index (χ4n) is 2.66.